The van der Waals surface area contributed by atoms with Crippen molar-refractivity contribution in [2.45, 2.75) is 6.92 Å². The number of rotatable bonds is 3. The fourth-order valence-electron chi connectivity index (χ4n) is 1.61. The van der Waals surface area contributed by atoms with E-state index in [1.165, 1.54) is 6.92 Å². The van der Waals surface area contributed by atoms with Crippen LogP contribution in [0.3, 0.4) is 0 Å². The molecule has 0 radical (unpaired) electrons. The number of anilines is 2. The maximum absolute atomic E-state index is 12.0. The van der Waals surface area contributed by atoms with E-state index in [4.69, 9.17) is 0 Å². The first kappa shape index (κ1) is 14.2. The van der Waals surface area contributed by atoms with Crippen LogP contribution in [0.1, 0.15) is 17.4 Å². The van der Waals surface area contributed by atoms with Crippen molar-refractivity contribution >= 4 is 39.1 Å². The van der Waals surface area contributed by atoms with Gasteiger partial charge in [0.25, 0.3) is 5.91 Å². The molecule has 102 valence electrons. The first-order valence-electron chi connectivity index (χ1n) is 5.86. The van der Waals surface area contributed by atoms with E-state index >= 15 is 0 Å². The molecule has 1 aromatic heterocycles. The fourth-order valence-corrected chi connectivity index (χ4v) is 1.95. The van der Waals surface area contributed by atoms with Gasteiger partial charge in [0.1, 0.15) is 10.3 Å². The molecule has 0 bridgehead atoms. The van der Waals surface area contributed by atoms with Gasteiger partial charge >= 0.3 is 0 Å². The molecule has 1 heterocycles. The van der Waals surface area contributed by atoms with Crippen LogP contribution in [0.25, 0.3) is 0 Å². The molecule has 20 heavy (non-hydrogen) atoms. The lowest BCUT2D eigenvalue weighted by molar-refractivity contribution is -0.114. The highest BCUT2D eigenvalue weighted by Gasteiger charge is 2.08. The van der Waals surface area contributed by atoms with Crippen LogP contribution in [0.15, 0.2) is 47.1 Å². The minimum Gasteiger partial charge on any atom is -0.326 e. The third-order valence-corrected chi connectivity index (χ3v) is 2.83. The number of amides is 2. The molecule has 0 aliphatic heterocycles. The van der Waals surface area contributed by atoms with E-state index in [2.05, 4.69) is 31.5 Å². The highest BCUT2D eigenvalue weighted by molar-refractivity contribution is 9.10. The lowest BCUT2D eigenvalue weighted by atomic mass is 10.2. The van der Waals surface area contributed by atoms with E-state index < -0.39 is 0 Å². The smallest absolute Gasteiger partial charge is 0.274 e. The largest absolute Gasteiger partial charge is 0.326 e. The van der Waals surface area contributed by atoms with Crippen molar-refractivity contribution in [3.8, 4) is 0 Å². The number of hydrogen-bond donors (Lipinski definition) is 2. The van der Waals surface area contributed by atoms with Crippen LogP contribution in [0.5, 0.6) is 0 Å². The zero-order valence-corrected chi connectivity index (χ0v) is 12.3. The first-order valence-corrected chi connectivity index (χ1v) is 6.65. The van der Waals surface area contributed by atoms with Crippen molar-refractivity contribution in [2.24, 2.45) is 0 Å². The van der Waals surface area contributed by atoms with Gasteiger partial charge in [0.2, 0.25) is 5.91 Å². The fraction of sp³-hybridized carbons (Fsp3) is 0.0714. The standard InChI is InChI=1S/C14H12BrN3O2/c1-9(19)16-10-4-2-5-11(8-10)17-14(20)12-6-3-7-13(15)18-12/h2-8H,1H3,(H,16,19)(H,17,20). The van der Waals surface area contributed by atoms with E-state index in [9.17, 15) is 9.59 Å². The van der Waals surface area contributed by atoms with Gasteiger partial charge in [0.15, 0.2) is 0 Å². The SMILES string of the molecule is CC(=O)Nc1cccc(NC(=O)c2cccc(Br)n2)c1. The number of benzene rings is 1. The van der Waals surface area contributed by atoms with E-state index in [-0.39, 0.29) is 11.8 Å². The Morgan fingerprint density at radius 1 is 1.05 bits per heavy atom. The van der Waals surface area contributed by atoms with Crippen molar-refractivity contribution < 1.29 is 9.59 Å². The minimum absolute atomic E-state index is 0.165. The van der Waals surface area contributed by atoms with E-state index in [1.807, 2.05) is 0 Å². The number of halogens is 1. The molecule has 0 unspecified atom stereocenters. The Labute approximate surface area is 124 Å². The highest BCUT2D eigenvalue weighted by atomic mass is 79.9. The second kappa shape index (κ2) is 6.29. The third-order valence-electron chi connectivity index (χ3n) is 2.39. The van der Waals surface area contributed by atoms with Crippen LogP contribution in [0.2, 0.25) is 0 Å². The molecule has 0 saturated heterocycles. The molecule has 6 heteroatoms. The van der Waals surface area contributed by atoms with Gasteiger partial charge in [-0.3, -0.25) is 9.59 Å². The Bertz CT molecular complexity index is 658. The number of pyridine rings is 1. The second-order valence-corrected chi connectivity index (χ2v) is 4.87. The van der Waals surface area contributed by atoms with Crippen molar-refractivity contribution in [1.29, 1.82) is 0 Å². The molecule has 0 aliphatic rings. The Hall–Kier alpha value is -2.21. The Morgan fingerprint density at radius 2 is 1.70 bits per heavy atom. The first-order chi connectivity index (χ1) is 9.54. The van der Waals surface area contributed by atoms with Gasteiger partial charge in [-0.2, -0.15) is 0 Å². The lowest BCUT2D eigenvalue weighted by Crippen LogP contribution is -2.14. The van der Waals surface area contributed by atoms with Crippen LogP contribution in [0, 0.1) is 0 Å². The normalized spacial score (nSPS) is 9.90. The van der Waals surface area contributed by atoms with Crippen molar-refractivity contribution in [3.05, 3.63) is 52.8 Å². The molecule has 2 amide bonds. The second-order valence-electron chi connectivity index (χ2n) is 4.06. The van der Waals surface area contributed by atoms with Crippen LogP contribution >= 0.6 is 15.9 Å². The summed E-state index contributed by atoms with van der Waals surface area (Å²) in [5.74, 6) is -0.478. The summed E-state index contributed by atoms with van der Waals surface area (Å²) in [4.78, 5) is 27.1. The van der Waals surface area contributed by atoms with Crippen molar-refractivity contribution in [1.82, 2.24) is 4.98 Å². The van der Waals surface area contributed by atoms with Gasteiger partial charge in [0.05, 0.1) is 0 Å². The molecule has 0 fully saturated rings. The number of nitrogens with one attached hydrogen (secondary N) is 2. The summed E-state index contributed by atoms with van der Waals surface area (Å²) >= 11 is 3.22. The number of carbonyl (C=O) groups is 2. The minimum atomic E-state index is -0.314. The van der Waals surface area contributed by atoms with Gasteiger partial charge in [-0.25, -0.2) is 4.98 Å². The Balaban J connectivity index is 2.13. The maximum Gasteiger partial charge on any atom is 0.274 e. The molecule has 2 rings (SSSR count). The number of nitrogens with zero attached hydrogens (tertiary/aromatic N) is 1. The number of carbonyl (C=O) groups excluding carboxylic acids is 2. The summed E-state index contributed by atoms with van der Waals surface area (Å²) in [5.41, 5.74) is 1.52. The summed E-state index contributed by atoms with van der Waals surface area (Å²) in [5, 5.41) is 5.38. The van der Waals surface area contributed by atoms with Gasteiger partial charge in [0, 0.05) is 18.3 Å². The zero-order chi connectivity index (χ0) is 14.5. The van der Waals surface area contributed by atoms with Crippen LogP contribution < -0.4 is 10.6 Å². The summed E-state index contributed by atoms with van der Waals surface area (Å²) in [6, 6.07) is 12.0. The molecule has 1 aromatic carbocycles. The molecule has 2 aromatic rings. The van der Waals surface area contributed by atoms with Gasteiger partial charge in [-0.1, -0.05) is 12.1 Å². The predicted octanol–water partition coefficient (Wildman–Crippen LogP) is 3.05. The molecule has 0 atom stereocenters. The van der Waals surface area contributed by atoms with Crippen LogP contribution in [-0.2, 0) is 4.79 Å². The summed E-state index contributed by atoms with van der Waals surface area (Å²) in [6.07, 6.45) is 0. The highest BCUT2D eigenvalue weighted by Crippen LogP contribution is 2.16. The monoisotopic (exact) mass is 333 g/mol. The average molecular weight is 334 g/mol. The molecular formula is C14H12BrN3O2. The van der Waals surface area contributed by atoms with Gasteiger partial charge in [-0.05, 0) is 46.3 Å². The van der Waals surface area contributed by atoms with Crippen LogP contribution in [0.4, 0.5) is 11.4 Å². The van der Waals surface area contributed by atoms with E-state index in [1.54, 1.807) is 42.5 Å². The number of hydrogen-bond acceptors (Lipinski definition) is 3. The summed E-state index contributed by atoms with van der Waals surface area (Å²) in [6.45, 7) is 1.43. The Morgan fingerprint density at radius 3 is 2.35 bits per heavy atom. The molecule has 2 N–H and O–H groups in total. The topological polar surface area (TPSA) is 71.1 Å². The van der Waals surface area contributed by atoms with E-state index in [0.717, 1.165) is 0 Å². The van der Waals surface area contributed by atoms with E-state index in [0.29, 0.717) is 21.7 Å². The maximum atomic E-state index is 12.0. The number of aromatic nitrogens is 1. The van der Waals surface area contributed by atoms with Gasteiger partial charge in [-0.15, -0.1) is 0 Å². The van der Waals surface area contributed by atoms with Crippen molar-refractivity contribution in [2.75, 3.05) is 10.6 Å². The molecule has 5 nitrogen and oxygen atoms in total. The predicted molar refractivity (Wildman–Crippen MR) is 80.6 cm³/mol. The molecule has 0 saturated carbocycles. The molecular weight excluding hydrogens is 322 g/mol. The zero-order valence-electron chi connectivity index (χ0n) is 10.7. The third kappa shape index (κ3) is 3.89. The summed E-state index contributed by atoms with van der Waals surface area (Å²) in [7, 11) is 0. The Kier molecular flexibility index (Phi) is 4.47. The molecule has 0 aliphatic carbocycles. The lowest BCUT2D eigenvalue weighted by Gasteiger charge is -2.07. The van der Waals surface area contributed by atoms with Gasteiger partial charge < -0.3 is 10.6 Å². The quantitative estimate of drug-likeness (QED) is 0.848. The average Bonchev–Trinajstić information content (AvgIpc) is 2.38. The summed E-state index contributed by atoms with van der Waals surface area (Å²) < 4.78 is 0.595. The molecule has 0 spiro atoms. The van der Waals surface area contributed by atoms with Crippen molar-refractivity contribution in [3.63, 3.8) is 0 Å². The van der Waals surface area contributed by atoms with Crippen LogP contribution in [-0.4, -0.2) is 16.8 Å².